The lowest BCUT2D eigenvalue weighted by Gasteiger charge is -2.13. The van der Waals surface area contributed by atoms with E-state index in [1.165, 1.54) is 61.7 Å². The van der Waals surface area contributed by atoms with Gasteiger partial charge in [-0.15, -0.1) is 0 Å². The molecule has 6 nitrogen and oxygen atoms in total. The van der Waals surface area contributed by atoms with Crippen molar-refractivity contribution < 1.29 is 22.3 Å². The molecule has 0 unspecified atom stereocenters. The van der Waals surface area contributed by atoms with Crippen molar-refractivity contribution in [3.8, 4) is 5.75 Å². The molecule has 3 aromatic rings. The van der Waals surface area contributed by atoms with Crippen LogP contribution in [0.15, 0.2) is 65.6 Å². The van der Waals surface area contributed by atoms with Gasteiger partial charge in [-0.05, 0) is 67.1 Å². The molecule has 0 fully saturated rings. The number of benzene rings is 3. The first-order chi connectivity index (χ1) is 14.2. The van der Waals surface area contributed by atoms with Crippen molar-refractivity contribution in [2.24, 2.45) is 0 Å². The van der Waals surface area contributed by atoms with Crippen LogP contribution in [0, 0.1) is 12.7 Å². The van der Waals surface area contributed by atoms with E-state index in [-0.39, 0.29) is 16.1 Å². The van der Waals surface area contributed by atoms with Gasteiger partial charge in [0, 0.05) is 16.3 Å². The van der Waals surface area contributed by atoms with E-state index in [0.717, 1.165) is 0 Å². The molecule has 0 aromatic heterocycles. The lowest BCUT2D eigenvalue weighted by atomic mass is 10.1. The first-order valence-corrected chi connectivity index (χ1v) is 10.6. The van der Waals surface area contributed by atoms with Gasteiger partial charge in [0.2, 0.25) is 0 Å². The third kappa shape index (κ3) is 4.90. The Morgan fingerprint density at radius 3 is 2.50 bits per heavy atom. The van der Waals surface area contributed by atoms with Crippen LogP contribution >= 0.6 is 11.6 Å². The number of aryl methyl sites for hydroxylation is 1. The van der Waals surface area contributed by atoms with Crippen LogP contribution in [-0.2, 0) is 10.0 Å². The summed E-state index contributed by atoms with van der Waals surface area (Å²) in [5, 5.41) is 2.98. The number of rotatable bonds is 6. The second-order valence-electron chi connectivity index (χ2n) is 6.39. The lowest BCUT2D eigenvalue weighted by molar-refractivity contribution is 0.102. The molecule has 0 saturated carbocycles. The average molecular weight is 449 g/mol. The summed E-state index contributed by atoms with van der Waals surface area (Å²) < 4.78 is 46.5. The lowest BCUT2D eigenvalue weighted by Crippen LogP contribution is -2.16. The second-order valence-corrected chi connectivity index (χ2v) is 8.51. The molecule has 2 N–H and O–H groups in total. The van der Waals surface area contributed by atoms with Crippen molar-refractivity contribution in [3.63, 3.8) is 0 Å². The van der Waals surface area contributed by atoms with Crippen molar-refractivity contribution in [1.29, 1.82) is 0 Å². The molecule has 3 aromatic carbocycles. The molecule has 0 spiro atoms. The molecule has 0 saturated heterocycles. The maximum Gasteiger partial charge on any atom is 0.262 e. The number of nitrogens with one attached hydrogen (secondary N) is 2. The summed E-state index contributed by atoms with van der Waals surface area (Å²) in [7, 11) is -2.62. The standard InChI is InChI=1S/C21H18ClFN2O4S/c1-13-10-16(23)7-8-18(13)24-21(26)14-4-3-5-17(11-14)30(27,28)25-19-12-15(22)6-9-20(19)29-2/h3-12,25H,1-2H3,(H,24,26). The number of halogens is 2. The number of hydrogen-bond donors (Lipinski definition) is 2. The molecule has 3 rings (SSSR count). The van der Waals surface area contributed by atoms with Crippen molar-refractivity contribution in [1.82, 2.24) is 0 Å². The van der Waals surface area contributed by atoms with E-state index in [9.17, 15) is 17.6 Å². The van der Waals surface area contributed by atoms with Gasteiger partial charge >= 0.3 is 0 Å². The highest BCUT2D eigenvalue weighted by Gasteiger charge is 2.19. The van der Waals surface area contributed by atoms with E-state index < -0.39 is 21.7 Å². The fourth-order valence-corrected chi connectivity index (χ4v) is 4.01. The van der Waals surface area contributed by atoms with E-state index in [1.54, 1.807) is 13.0 Å². The summed E-state index contributed by atoms with van der Waals surface area (Å²) in [5.74, 6) is -0.646. The topological polar surface area (TPSA) is 84.5 Å². The summed E-state index contributed by atoms with van der Waals surface area (Å²) in [5.41, 5.74) is 1.26. The predicted octanol–water partition coefficient (Wildman–Crippen LogP) is 4.85. The van der Waals surface area contributed by atoms with Gasteiger partial charge < -0.3 is 10.1 Å². The van der Waals surface area contributed by atoms with Gasteiger partial charge in [0.15, 0.2) is 0 Å². The summed E-state index contributed by atoms with van der Waals surface area (Å²) in [6.07, 6.45) is 0. The number of hydrogen-bond acceptors (Lipinski definition) is 4. The number of carbonyl (C=O) groups excluding carboxylic acids is 1. The van der Waals surface area contributed by atoms with E-state index in [0.29, 0.717) is 22.0 Å². The Kier molecular flexibility index (Phi) is 6.28. The zero-order valence-corrected chi connectivity index (χ0v) is 17.6. The smallest absolute Gasteiger partial charge is 0.262 e. The summed E-state index contributed by atoms with van der Waals surface area (Å²) in [6, 6.07) is 14.0. The Labute approximate surface area is 178 Å². The third-order valence-electron chi connectivity index (χ3n) is 4.25. The summed E-state index contributed by atoms with van der Waals surface area (Å²) in [4.78, 5) is 12.5. The molecule has 156 valence electrons. The number of ether oxygens (including phenoxy) is 1. The van der Waals surface area contributed by atoms with Gasteiger partial charge in [-0.25, -0.2) is 12.8 Å². The van der Waals surface area contributed by atoms with Gasteiger partial charge in [-0.2, -0.15) is 0 Å². The van der Waals surface area contributed by atoms with Crippen LogP contribution < -0.4 is 14.8 Å². The van der Waals surface area contributed by atoms with Crippen LogP contribution in [0.25, 0.3) is 0 Å². The normalized spacial score (nSPS) is 11.1. The number of amides is 1. The van der Waals surface area contributed by atoms with Crippen molar-refractivity contribution in [3.05, 3.63) is 82.6 Å². The Hall–Kier alpha value is -3.10. The fourth-order valence-electron chi connectivity index (χ4n) is 2.73. The maximum absolute atomic E-state index is 13.2. The van der Waals surface area contributed by atoms with Crippen LogP contribution in [0.3, 0.4) is 0 Å². The van der Waals surface area contributed by atoms with Crippen molar-refractivity contribution >= 4 is 38.9 Å². The van der Waals surface area contributed by atoms with Crippen LogP contribution in [0.4, 0.5) is 15.8 Å². The van der Waals surface area contributed by atoms with E-state index >= 15 is 0 Å². The molecular formula is C21H18ClFN2O4S. The largest absolute Gasteiger partial charge is 0.495 e. The molecule has 30 heavy (non-hydrogen) atoms. The number of carbonyl (C=O) groups is 1. The zero-order valence-electron chi connectivity index (χ0n) is 16.1. The molecule has 0 aliphatic rings. The molecule has 1 amide bonds. The first-order valence-electron chi connectivity index (χ1n) is 8.73. The highest BCUT2D eigenvalue weighted by Crippen LogP contribution is 2.30. The average Bonchev–Trinajstić information content (AvgIpc) is 2.70. The van der Waals surface area contributed by atoms with E-state index in [2.05, 4.69) is 10.0 Å². The van der Waals surface area contributed by atoms with Crippen LogP contribution in [0.2, 0.25) is 5.02 Å². The Balaban J connectivity index is 1.87. The molecule has 0 aliphatic carbocycles. The number of methoxy groups -OCH3 is 1. The van der Waals surface area contributed by atoms with Gasteiger partial charge in [-0.1, -0.05) is 17.7 Å². The number of sulfonamides is 1. The Morgan fingerprint density at radius 1 is 1.03 bits per heavy atom. The summed E-state index contributed by atoms with van der Waals surface area (Å²) in [6.45, 7) is 1.65. The van der Waals surface area contributed by atoms with Gasteiger partial charge in [-0.3, -0.25) is 9.52 Å². The van der Waals surface area contributed by atoms with Crippen LogP contribution in [0.1, 0.15) is 15.9 Å². The van der Waals surface area contributed by atoms with E-state index in [1.807, 2.05) is 0 Å². The Bertz CT molecular complexity index is 1220. The second kappa shape index (κ2) is 8.73. The molecule has 0 aliphatic heterocycles. The molecule has 0 heterocycles. The molecule has 9 heteroatoms. The monoisotopic (exact) mass is 448 g/mol. The number of anilines is 2. The third-order valence-corrected chi connectivity index (χ3v) is 5.85. The van der Waals surface area contributed by atoms with Gasteiger partial charge in [0.1, 0.15) is 11.6 Å². The minimum absolute atomic E-state index is 0.118. The zero-order chi connectivity index (χ0) is 21.9. The molecule has 0 radical (unpaired) electrons. The highest BCUT2D eigenvalue weighted by molar-refractivity contribution is 7.92. The molecular weight excluding hydrogens is 431 g/mol. The minimum atomic E-state index is -4.02. The van der Waals surface area contributed by atoms with Gasteiger partial charge in [0.25, 0.3) is 15.9 Å². The van der Waals surface area contributed by atoms with Crippen LogP contribution in [-0.4, -0.2) is 21.4 Å². The molecule has 0 atom stereocenters. The van der Waals surface area contributed by atoms with Crippen molar-refractivity contribution in [2.45, 2.75) is 11.8 Å². The first kappa shape index (κ1) is 21.6. The van der Waals surface area contributed by atoms with E-state index in [4.69, 9.17) is 16.3 Å². The predicted molar refractivity (Wildman–Crippen MR) is 114 cm³/mol. The van der Waals surface area contributed by atoms with Crippen LogP contribution in [0.5, 0.6) is 5.75 Å². The fraction of sp³-hybridized carbons (Fsp3) is 0.0952. The summed E-state index contributed by atoms with van der Waals surface area (Å²) >= 11 is 5.95. The highest BCUT2D eigenvalue weighted by atomic mass is 35.5. The quantitative estimate of drug-likeness (QED) is 0.564. The maximum atomic E-state index is 13.2. The van der Waals surface area contributed by atoms with Gasteiger partial charge in [0.05, 0.1) is 17.7 Å². The molecule has 0 bridgehead atoms. The minimum Gasteiger partial charge on any atom is -0.495 e. The van der Waals surface area contributed by atoms with Crippen molar-refractivity contribution in [2.75, 3.05) is 17.1 Å². The SMILES string of the molecule is COc1ccc(Cl)cc1NS(=O)(=O)c1cccc(C(=O)Nc2ccc(F)cc2C)c1. The Morgan fingerprint density at radius 2 is 1.80 bits per heavy atom.